The van der Waals surface area contributed by atoms with Crippen LogP contribution in [0.5, 0.6) is 11.5 Å². The van der Waals surface area contributed by atoms with Crippen LogP contribution in [0.15, 0.2) is 60.7 Å². The Bertz CT molecular complexity index is 1600. The number of unbranched alkanes of at least 4 members (excludes halogenated alkanes) is 13. The summed E-state index contributed by atoms with van der Waals surface area (Å²) >= 11 is 0. The van der Waals surface area contributed by atoms with Crippen LogP contribution in [0.2, 0.25) is 0 Å². The molecule has 482 valence electrons. The van der Waals surface area contributed by atoms with Gasteiger partial charge in [-0.05, 0) is 99.3 Å². The number of benzene rings is 2. The van der Waals surface area contributed by atoms with E-state index in [9.17, 15) is 18.3 Å². The van der Waals surface area contributed by atoms with Crippen LogP contribution in [0.25, 0.3) is 0 Å². The average molecular weight is 1320 g/mol. The van der Waals surface area contributed by atoms with Crippen molar-refractivity contribution in [2.75, 3.05) is 48.3 Å². The standard InChI is InChI=1S/C18H35O2P.C14H14O3P.2C8H17O2P.C2H6.4CH3O2P.3CH4/c1-2-3-4-5-6-7-8-9-10-11-12-13-14-15-16-17-18-20-21-19;1-11-7-6-8-12(2)14(11)17-18(15)16-13-9-4-3-5-10-13;1-7(6-10-11-9)5-8(2,3)4;1-3-5-6-8(4-2)7-10-11-9;1-2;4*1-3-4-2;;;/h9-10H,2-8,11-18H2,1H3;3-10H,1-2H3;7H,5-6H2,1-4H3;8H,3-7H2,1-2H3;1-2H3;4*1H3;3*1H4/q;+1;;;;;;;;;;/b10-9+;;;;;;;;;;;. The zero-order chi connectivity index (χ0) is 61.5. The summed E-state index contributed by atoms with van der Waals surface area (Å²) in [6, 6.07) is 14.7. The molecule has 0 spiro atoms. The normalized spacial score (nSPS) is 10.9. The molecule has 2 aromatic rings. The number of aryl methyl sites for hydroxylation is 2. The van der Waals surface area contributed by atoms with Gasteiger partial charge in [-0.1, -0.05) is 210 Å². The number of hydrogen-bond acceptors (Lipinski definition) is 17. The van der Waals surface area contributed by atoms with Crippen LogP contribution in [0.1, 0.15) is 218 Å². The molecule has 0 saturated carbocycles. The summed E-state index contributed by atoms with van der Waals surface area (Å²) in [6.45, 7) is 25.0. The van der Waals surface area contributed by atoms with Crippen LogP contribution < -0.4 is 9.05 Å². The summed E-state index contributed by atoms with van der Waals surface area (Å²) in [4.78, 5) is 0. The van der Waals surface area contributed by atoms with Gasteiger partial charge in [-0.25, -0.2) is 41.0 Å². The lowest BCUT2D eigenvalue weighted by atomic mass is 9.86. The van der Waals surface area contributed by atoms with Gasteiger partial charge in [0.1, 0.15) is 0 Å². The van der Waals surface area contributed by atoms with E-state index < -0.39 is 8.25 Å². The summed E-state index contributed by atoms with van der Waals surface area (Å²) in [5.41, 5.74) is 2.22. The third-order valence-electron chi connectivity index (χ3n) is 9.87. The Kier molecular flexibility index (Phi) is 113. The van der Waals surface area contributed by atoms with Gasteiger partial charge in [0.2, 0.25) is 0 Å². The van der Waals surface area contributed by atoms with Crippen LogP contribution in [-0.2, 0) is 68.2 Å². The smallest absolute Gasteiger partial charge is 0.298 e. The number of hydrogen-bond donors (Lipinski definition) is 0. The second kappa shape index (κ2) is 90.5. The summed E-state index contributed by atoms with van der Waals surface area (Å²) < 4.78 is 119. The van der Waals surface area contributed by atoms with Gasteiger partial charge in [-0.2, -0.15) is 0 Å². The lowest BCUT2D eigenvalue weighted by Crippen LogP contribution is -2.13. The summed E-state index contributed by atoms with van der Waals surface area (Å²) in [5.74, 6) is 2.23. The topological polar surface area (TPSA) is 220 Å². The minimum absolute atomic E-state index is 0. The van der Waals surface area contributed by atoms with E-state index in [2.05, 4.69) is 78.7 Å². The molecule has 0 amide bonds. The first-order chi connectivity index (χ1) is 38.0. The maximum absolute atomic E-state index is 11.8. The molecule has 3 unspecified atom stereocenters. The Morgan fingerprint density at radius 2 is 0.902 bits per heavy atom. The van der Waals surface area contributed by atoms with Gasteiger partial charge in [-0.15, -0.1) is 0 Å². The molecule has 0 fully saturated rings. The molecule has 0 heterocycles. The average Bonchev–Trinajstić information content (AvgIpc) is 3.45. The molecule has 0 N–H and O–H groups in total. The van der Waals surface area contributed by atoms with Crippen molar-refractivity contribution in [2.24, 2.45) is 17.3 Å². The zero-order valence-corrected chi connectivity index (χ0v) is 57.7. The molecular formula is C57H113O17P8+. The number of rotatable bonds is 36. The van der Waals surface area contributed by atoms with Gasteiger partial charge in [0.25, 0.3) is 0 Å². The first-order valence-corrected chi connectivity index (χ1v) is 33.1. The molecular weight excluding hydrogens is 1200 g/mol. The Labute approximate surface area is 513 Å². The largest absolute Gasteiger partial charge is 0.805 e. The molecule has 0 radical (unpaired) electrons. The van der Waals surface area contributed by atoms with Gasteiger partial charge in [-0.3, -0.25) is 31.7 Å². The van der Waals surface area contributed by atoms with Gasteiger partial charge in [0, 0.05) is 33.0 Å². The fourth-order valence-electron chi connectivity index (χ4n) is 6.35. The SMILES string of the molecule is C.C.C.CC.CC(COP=O)CC(C)(C)C.CCCCC(CC)COP=O.CCCCCCCC/C=C/CCCCCCCCOP=O.COP=O.COP=O.COP=O.COP=O.Cc1cccc(C)c1O[P+](=O)Oc1ccccc1. The third kappa shape index (κ3) is 97.4. The van der Waals surface area contributed by atoms with Gasteiger partial charge < -0.3 is 0 Å². The lowest BCUT2D eigenvalue weighted by Gasteiger charge is -2.21. The Morgan fingerprint density at radius 1 is 0.512 bits per heavy atom. The Balaban J connectivity index is -0.0000000966. The second-order valence-electron chi connectivity index (χ2n) is 17.8. The lowest BCUT2D eigenvalue weighted by molar-refractivity contribution is 0.220. The third-order valence-corrected chi connectivity index (χ3v) is 12.0. The molecule has 25 heteroatoms. The highest BCUT2D eigenvalue weighted by Gasteiger charge is 2.26. The minimum Gasteiger partial charge on any atom is -0.298 e. The van der Waals surface area contributed by atoms with E-state index in [1.807, 2.05) is 64.1 Å². The van der Waals surface area contributed by atoms with Crippen molar-refractivity contribution >= 4 is 69.1 Å². The van der Waals surface area contributed by atoms with Crippen molar-refractivity contribution in [1.29, 1.82) is 0 Å². The van der Waals surface area contributed by atoms with Crippen molar-refractivity contribution in [3.05, 3.63) is 71.8 Å². The fourth-order valence-corrected chi connectivity index (χ4v) is 7.91. The maximum atomic E-state index is 11.8. The molecule has 0 aliphatic heterocycles. The highest BCUT2D eigenvalue weighted by atomic mass is 31.1. The Morgan fingerprint density at radius 3 is 1.28 bits per heavy atom. The molecule has 2 aromatic carbocycles. The van der Waals surface area contributed by atoms with E-state index in [0.717, 1.165) is 30.4 Å². The van der Waals surface area contributed by atoms with Crippen molar-refractivity contribution in [3.63, 3.8) is 0 Å². The summed E-state index contributed by atoms with van der Waals surface area (Å²) in [5, 5.41) is 0. The molecule has 0 aromatic heterocycles. The van der Waals surface area contributed by atoms with Gasteiger partial charge in [0.15, 0.2) is 11.5 Å². The maximum Gasteiger partial charge on any atom is 0.805 e. The molecule has 0 saturated heterocycles. The second-order valence-corrected chi connectivity index (χ2v) is 21.9. The van der Waals surface area contributed by atoms with Crippen LogP contribution >= 0.6 is 69.1 Å². The predicted molar refractivity (Wildman–Crippen MR) is 348 cm³/mol. The molecule has 0 aliphatic rings. The van der Waals surface area contributed by atoms with E-state index >= 15 is 0 Å². The predicted octanol–water partition coefficient (Wildman–Crippen LogP) is 24.7. The van der Waals surface area contributed by atoms with Crippen LogP contribution in [0.4, 0.5) is 0 Å². The van der Waals surface area contributed by atoms with Crippen LogP contribution in [-0.4, -0.2) is 48.3 Å². The molecule has 2 rings (SSSR count). The van der Waals surface area contributed by atoms with Crippen LogP contribution in [0.3, 0.4) is 0 Å². The summed E-state index contributed by atoms with van der Waals surface area (Å²) in [7, 11) is 1.64. The Hall–Kier alpha value is -1.70. The summed E-state index contributed by atoms with van der Waals surface area (Å²) in [6.07, 6.45) is 29.0. The molecule has 0 bridgehead atoms. The quantitative estimate of drug-likeness (QED) is 0.0352. The number of para-hydroxylation sites is 2. The van der Waals surface area contributed by atoms with Crippen molar-refractivity contribution in [2.45, 2.75) is 220 Å². The van der Waals surface area contributed by atoms with Gasteiger partial charge >= 0.3 is 69.1 Å². The number of allylic oxidation sites excluding steroid dienone is 2. The van der Waals surface area contributed by atoms with Crippen LogP contribution in [0, 0.1) is 31.1 Å². The molecule has 17 nitrogen and oxygen atoms in total. The van der Waals surface area contributed by atoms with Crippen molar-refractivity contribution < 1.29 is 77.2 Å². The molecule has 82 heavy (non-hydrogen) atoms. The monoisotopic (exact) mass is 1320 g/mol. The van der Waals surface area contributed by atoms with E-state index in [-0.39, 0.29) is 83.1 Å². The van der Waals surface area contributed by atoms with E-state index in [1.165, 1.54) is 131 Å². The van der Waals surface area contributed by atoms with E-state index in [4.69, 9.17) is 40.9 Å². The highest BCUT2D eigenvalue weighted by molar-refractivity contribution is 7.34. The fraction of sp³-hybridized carbons (Fsp3) is 0.754. The van der Waals surface area contributed by atoms with Crippen molar-refractivity contribution in [1.82, 2.24) is 0 Å². The first kappa shape index (κ1) is 102. The van der Waals surface area contributed by atoms with E-state index in [0.29, 0.717) is 48.6 Å². The first-order valence-electron chi connectivity index (χ1n) is 26.9. The molecule has 0 aliphatic carbocycles. The highest BCUT2D eigenvalue weighted by Crippen LogP contribution is 2.34. The van der Waals surface area contributed by atoms with E-state index in [1.54, 1.807) is 12.1 Å². The van der Waals surface area contributed by atoms with Crippen molar-refractivity contribution in [3.8, 4) is 11.5 Å². The minimum atomic E-state index is -2.22. The zero-order valence-electron chi connectivity index (χ0n) is 50.5. The molecule has 3 atom stereocenters. The van der Waals surface area contributed by atoms with Gasteiger partial charge in [0.05, 0.1) is 19.8 Å².